The van der Waals surface area contributed by atoms with Crippen molar-refractivity contribution in [3.63, 3.8) is 0 Å². The number of fused-ring (bicyclic) bond motifs is 1. The van der Waals surface area contributed by atoms with Crippen molar-refractivity contribution in [1.29, 1.82) is 0 Å². The fraction of sp³-hybridized carbons (Fsp3) is 0.0476. The molecule has 6 nitrogen and oxygen atoms in total. The van der Waals surface area contributed by atoms with Crippen molar-refractivity contribution in [1.82, 2.24) is 4.98 Å². The van der Waals surface area contributed by atoms with E-state index in [-0.39, 0.29) is 44.3 Å². The van der Waals surface area contributed by atoms with E-state index in [2.05, 4.69) is 4.98 Å². The maximum atomic E-state index is 12.8. The van der Waals surface area contributed by atoms with Gasteiger partial charge in [-0.05, 0) is 17.7 Å². The van der Waals surface area contributed by atoms with Gasteiger partial charge in [0.25, 0.3) is 11.8 Å². The van der Waals surface area contributed by atoms with Gasteiger partial charge in [0.05, 0.1) is 21.8 Å². The van der Waals surface area contributed by atoms with Crippen molar-refractivity contribution >= 4 is 58.3 Å². The molecule has 0 radical (unpaired) electrons. The van der Waals surface area contributed by atoms with Crippen molar-refractivity contribution in [2.45, 2.75) is 6.61 Å². The number of halogens is 3. The molecule has 1 aliphatic rings. The van der Waals surface area contributed by atoms with Crippen LogP contribution in [0.15, 0.2) is 54.6 Å². The van der Waals surface area contributed by atoms with Crippen LogP contribution in [-0.2, 0) is 11.3 Å². The minimum absolute atomic E-state index is 0.0275. The summed E-state index contributed by atoms with van der Waals surface area (Å²) in [5.41, 5.74) is 0.568. The van der Waals surface area contributed by atoms with Gasteiger partial charge in [-0.15, -0.1) is 0 Å². The van der Waals surface area contributed by atoms with Crippen LogP contribution in [0.5, 0.6) is 0 Å². The molecule has 30 heavy (non-hydrogen) atoms. The lowest BCUT2D eigenvalue weighted by Gasteiger charge is -2.19. The molecule has 3 aromatic rings. The van der Waals surface area contributed by atoms with Gasteiger partial charge in [0, 0.05) is 0 Å². The van der Waals surface area contributed by atoms with Crippen LogP contribution in [0.1, 0.15) is 36.8 Å². The maximum absolute atomic E-state index is 12.8. The van der Waals surface area contributed by atoms with Crippen LogP contribution in [-0.4, -0.2) is 22.8 Å². The van der Waals surface area contributed by atoms with E-state index in [9.17, 15) is 14.4 Å². The number of ether oxygens (including phenoxy) is 1. The standard InChI is InChI=1S/C21H11Cl3N2O4/c22-14-16(21(29)30-10-11-6-2-1-3-7-11)25-18(24)15(23)17(14)26-19(27)12-8-4-5-9-13(12)20(26)28/h1-9H,10H2. The second-order valence-corrected chi connectivity index (χ2v) is 7.39. The van der Waals surface area contributed by atoms with E-state index in [4.69, 9.17) is 39.5 Å². The molecule has 0 bridgehead atoms. The molecule has 0 fully saturated rings. The number of esters is 1. The highest BCUT2D eigenvalue weighted by molar-refractivity contribution is 6.49. The van der Waals surface area contributed by atoms with E-state index in [0.29, 0.717) is 0 Å². The molecule has 2 aromatic carbocycles. The lowest BCUT2D eigenvalue weighted by molar-refractivity contribution is 0.0465. The number of benzene rings is 2. The van der Waals surface area contributed by atoms with Crippen LogP contribution in [0.3, 0.4) is 0 Å². The van der Waals surface area contributed by atoms with E-state index in [1.165, 1.54) is 12.1 Å². The van der Waals surface area contributed by atoms with Crippen LogP contribution in [0, 0.1) is 0 Å². The zero-order chi connectivity index (χ0) is 21.4. The number of aromatic nitrogens is 1. The monoisotopic (exact) mass is 460 g/mol. The Kier molecular flexibility index (Phi) is 5.47. The number of hydrogen-bond donors (Lipinski definition) is 0. The summed E-state index contributed by atoms with van der Waals surface area (Å²) in [6.07, 6.45) is 0. The smallest absolute Gasteiger partial charge is 0.358 e. The van der Waals surface area contributed by atoms with Crippen LogP contribution in [0.25, 0.3) is 0 Å². The molecule has 0 aliphatic carbocycles. The number of rotatable bonds is 4. The van der Waals surface area contributed by atoms with Crippen molar-refractivity contribution in [2.24, 2.45) is 0 Å². The summed E-state index contributed by atoms with van der Waals surface area (Å²) in [5.74, 6) is -2.14. The summed E-state index contributed by atoms with van der Waals surface area (Å²) in [6, 6.07) is 15.3. The molecule has 0 saturated heterocycles. The lowest BCUT2D eigenvalue weighted by Crippen LogP contribution is -2.30. The zero-order valence-corrected chi connectivity index (χ0v) is 17.3. The Labute approximate surface area is 185 Å². The Morgan fingerprint density at radius 3 is 2.03 bits per heavy atom. The number of pyridine rings is 1. The molecule has 0 spiro atoms. The summed E-state index contributed by atoms with van der Waals surface area (Å²) in [4.78, 5) is 42.9. The first-order valence-electron chi connectivity index (χ1n) is 8.63. The van der Waals surface area contributed by atoms with E-state index in [1.807, 2.05) is 6.07 Å². The fourth-order valence-electron chi connectivity index (χ4n) is 3.02. The molecular weight excluding hydrogens is 451 g/mol. The van der Waals surface area contributed by atoms with Crippen LogP contribution in [0.2, 0.25) is 15.2 Å². The third kappa shape index (κ3) is 3.43. The van der Waals surface area contributed by atoms with E-state index in [1.54, 1.807) is 36.4 Å². The average molecular weight is 462 g/mol. The fourth-order valence-corrected chi connectivity index (χ4v) is 3.76. The van der Waals surface area contributed by atoms with Crippen molar-refractivity contribution in [3.05, 3.63) is 92.2 Å². The number of carbonyl (C=O) groups is 3. The largest absolute Gasteiger partial charge is 0.456 e. The minimum Gasteiger partial charge on any atom is -0.456 e. The number of hydrogen-bond acceptors (Lipinski definition) is 5. The summed E-state index contributed by atoms with van der Waals surface area (Å²) >= 11 is 18.7. The maximum Gasteiger partial charge on any atom is 0.358 e. The first-order valence-corrected chi connectivity index (χ1v) is 9.77. The Hall–Kier alpha value is -2.93. The Bertz CT molecular complexity index is 1160. The molecule has 150 valence electrons. The highest BCUT2D eigenvalue weighted by Crippen LogP contribution is 2.42. The number of imide groups is 1. The topological polar surface area (TPSA) is 76.6 Å². The SMILES string of the molecule is O=C(OCc1ccccc1)c1nc(Cl)c(Cl)c(N2C(=O)c3ccccc3C2=O)c1Cl. The normalized spacial score (nSPS) is 12.8. The molecule has 1 aliphatic heterocycles. The molecule has 0 saturated carbocycles. The molecule has 0 N–H and O–H groups in total. The Morgan fingerprint density at radius 2 is 1.43 bits per heavy atom. The number of carbonyl (C=O) groups excluding carboxylic acids is 3. The van der Waals surface area contributed by atoms with E-state index < -0.39 is 17.8 Å². The van der Waals surface area contributed by atoms with Gasteiger partial charge in [0.1, 0.15) is 11.6 Å². The predicted molar refractivity (Wildman–Crippen MR) is 112 cm³/mol. The molecule has 4 rings (SSSR count). The molecule has 2 amide bonds. The van der Waals surface area contributed by atoms with Crippen molar-refractivity contribution in [2.75, 3.05) is 4.90 Å². The van der Waals surface area contributed by atoms with Crippen LogP contribution >= 0.6 is 34.8 Å². The van der Waals surface area contributed by atoms with Gasteiger partial charge in [-0.1, -0.05) is 77.3 Å². The highest BCUT2D eigenvalue weighted by atomic mass is 35.5. The van der Waals surface area contributed by atoms with Gasteiger partial charge in [-0.2, -0.15) is 0 Å². The zero-order valence-electron chi connectivity index (χ0n) is 15.1. The molecular formula is C21H11Cl3N2O4. The number of anilines is 1. The molecule has 2 heterocycles. The number of nitrogens with zero attached hydrogens (tertiary/aromatic N) is 2. The van der Waals surface area contributed by atoms with Gasteiger partial charge in [-0.25, -0.2) is 14.7 Å². The molecule has 0 atom stereocenters. The van der Waals surface area contributed by atoms with Gasteiger partial charge in [0.15, 0.2) is 10.8 Å². The quantitative estimate of drug-likeness (QED) is 0.303. The molecule has 0 unspecified atom stereocenters. The predicted octanol–water partition coefficient (Wildman–Crippen LogP) is 5.20. The first-order chi connectivity index (χ1) is 14.4. The van der Waals surface area contributed by atoms with Gasteiger partial charge >= 0.3 is 5.97 Å². The Balaban J connectivity index is 1.72. The first kappa shape index (κ1) is 20.3. The average Bonchev–Trinajstić information content (AvgIpc) is 3.01. The summed E-state index contributed by atoms with van der Waals surface area (Å²) in [7, 11) is 0. The highest BCUT2D eigenvalue weighted by Gasteiger charge is 2.40. The summed E-state index contributed by atoms with van der Waals surface area (Å²) in [5, 5.41) is -0.827. The Morgan fingerprint density at radius 1 is 0.867 bits per heavy atom. The van der Waals surface area contributed by atoms with Crippen molar-refractivity contribution in [3.8, 4) is 0 Å². The minimum atomic E-state index is -0.875. The molecule has 9 heteroatoms. The van der Waals surface area contributed by atoms with Crippen molar-refractivity contribution < 1.29 is 19.1 Å². The van der Waals surface area contributed by atoms with E-state index in [0.717, 1.165) is 10.5 Å². The number of amides is 2. The summed E-state index contributed by atoms with van der Waals surface area (Å²) < 4.78 is 5.25. The van der Waals surface area contributed by atoms with Crippen LogP contribution in [0.4, 0.5) is 5.69 Å². The summed E-state index contributed by atoms with van der Waals surface area (Å²) in [6.45, 7) is -0.0275. The van der Waals surface area contributed by atoms with Crippen LogP contribution < -0.4 is 4.90 Å². The second-order valence-electron chi connectivity index (χ2n) is 6.28. The lowest BCUT2D eigenvalue weighted by atomic mass is 10.1. The van der Waals surface area contributed by atoms with E-state index >= 15 is 0 Å². The van der Waals surface area contributed by atoms with Gasteiger partial charge in [0.2, 0.25) is 0 Å². The third-order valence-corrected chi connectivity index (χ3v) is 5.52. The third-order valence-electron chi connectivity index (χ3n) is 4.44. The molecule has 1 aromatic heterocycles. The second kappa shape index (κ2) is 8.07. The van der Waals surface area contributed by atoms with Gasteiger partial charge in [-0.3, -0.25) is 9.59 Å². The van der Waals surface area contributed by atoms with Gasteiger partial charge < -0.3 is 4.74 Å².